The molecule has 1 fully saturated rings. The molecule has 0 spiro atoms. The number of nitrogens with zero attached hydrogens (tertiary/aromatic N) is 2. The van der Waals surface area contributed by atoms with Crippen molar-refractivity contribution < 1.29 is 13.2 Å². The van der Waals surface area contributed by atoms with Crippen LogP contribution < -0.4 is 5.73 Å². The quantitative estimate of drug-likeness (QED) is 0.838. The second-order valence-electron chi connectivity index (χ2n) is 6.69. The van der Waals surface area contributed by atoms with Gasteiger partial charge in [0.1, 0.15) is 5.01 Å². The van der Waals surface area contributed by atoms with Crippen LogP contribution in [0.3, 0.4) is 0 Å². The van der Waals surface area contributed by atoms with Crippen LogP contribution in [-0.2, 0) is 12.7 Å². The summed E-state index contributed by atoms with van der Waals surface area (Å²) in [5.41, 5.74) is 7.03. The summed E-state index contributed by atoms with van der Waals surface area (Å²) in [4.78, 5) is 6.91. The van der Waals surface area contributed by atoms with E-state index >= 15 is 0 Å². The molecule has 3 rings (SSSR count). The normalized spacial score (nSPS) is 21.3. The maximum absolute atomic E-state index is 12.6. The molecule has 1 aromatic heterocycles. The lowest BCUT2D eigenvalue weighted by Crippen LogP contribution is -2.31. The summed E-state index contributed by atoms with van der Waals surface area (Å²) in [7, 11) is 0. The molecule has 2 heterocycles. The van der Waals surface area contributed by atoms with Gasteiger partial charge in [-0.15, -0.1) is 23.7 Å². The van der Waals surface area contributed by atoms with Crippen molar-refractivity contribution in [3.05, 3.63) is 40.9 Å². The molecule has 25 heavy (non-hydrogen) atoms. The number of hydrogen-bond acceptors (Lipinski definition) is 4. The van der Waals surface area contributed by atoms with Gasteiger partial charge in [0.05, 0.1) is 11.3 Å². The maximum Gasteiger partial charge on any atom is 0.416 e. The summed E-state index contributed by atoms with van der Waals surface area (Å²) >= 11 is 1.46. The van der Waals surface area contributed by atoms with Crippen molar-refractivity contribution in [1.29, 1.82) is 0 Å². The molecule has 0 saturated carbocycles. The van der Waals surface area contributed by atoms with Gasteiger partial charge in [-0.25, -0.2) is 4.98 Å². The molecular weight excluding hydrogens is 371 g/mol. The van der Waals surface area contributed by atoms with E-state index in [-0.39, 0.29) is 17.8 Å². The third-order valence-corrected chi connectivity index (χ3v) is 5.47. The number of thiazole rings is 1. The van der Waals surface area contributed by atoms with Gasteiger partial charge in [0.2, 0.25) is 0 Å². The highest BCUT2D eigenvalue weighted by atomic mass is 35.5. The summed E-state index contributed by atoms with van der Waals surface area (Å²) in [5.74, 6) is 0. The lowest BCUT2D eigenvalue weighted by molar-refractivity contribution is -0.137. The van der Waals surface area contributed by atoms with Crippen LogP contribution in [0.2, 0.25) is 0 Å². The van der Waals surface area contributed by atoms with Crippen molar-refractivity contribution in [2.75, 3.05) is 19.6 Å². The molecule has 1 aliphatic rings. The average molecular weight is 392 g/mol. The molecule has 8 heteroatoms. The first kappa shape index (κ1) is 20.2. The number of likely N-dealkylation sites (tertiary alicyclic amines) is 1. The molecule has 0 aliphatic carbocycles. The zero-order chi connectivity index (χ0) is 17.4. The van der Waals surface area contributed by atoms with Crippen molar-refractivity contribution in [3.8, 4) is 10.6 Å². The van der Waals surface area contributed by atoms with Crippen LogP contribution >= 0.6 is 23.7 Å². The Morgan fingerprint density at radius 2 is 1.96 bits per heavy atom. The molecule has 1 aromatic carbocycles. The SMILES string of the molecule is CC1(CN)CCN(Cc2csc(-c3ccc(C(F)(F)F)cc3)n2)C1.Cl. The summed E-state index contributed by atoms with van der Waals surface area (Å²) in [6.07, 6.45) is -3.22. The highest BCUT2D eigenvalue weighted by Crippen LogP contribution is 2.33. The first-order valence-corrected chi connectivity index (χ1v) is 8.71. The number of rotatable bonds is 4. The first-order valence-electron chi connectivity index (χ1n) is 7.84. The fourth-order valence-electron chi connectivity index (χ4n) is 2.97. The Balaban J connectivity index is 0.00000225. The number of alkyl halides is 3. The second kappa shape index (κ2) is 7.61. The third kappa shape index (κ3) is 4.73. The molecule has 1 atom stereocenters. The molecule has 3 nitrogen and oxygen atoms in total. The van der Waals surface area contributed by atoms with E-state index in [0.717, 1.165) is 48.9 Å². The van der Waals surface area contributed by atoms with E-state index in [4.69, 9.17) is 5.73 Å². The molecule has 1 aliphatic heterocycles. The molecular formula is C17H21ClF3N3S. The highest BCUT2D eigenvalue weighted by molar-refractivity contribution is 7.13. The number of nitrogens with two attached hydrogens (primary N) is 1. The Hall–Kier alpha value is -1.15. The predicted molar refractivity (Wildman–Crippen MR) is 96.9 cm³/mol. The summed E-state index contributed by atoms with van der Waals surface area (Å²) in [6, 6.07) is 5.16. The summed E-state index contributed by atoms with van der Waals surface area (Å²) in [5, 5.41) is 2.73. The van der Waals surface area contributed by atoms with Gasteiger partial charge in [-0.05, 0) is 37.1 Å². The number of benzene rings is 1. The van der Waals surface area contributed by atoms with Gasteiger partial charge in [0.15, 0.2) is 0 Å². The molecule has 1 unspecified atom stereocenters. The van der Waals surface area contributed by atoms with Crippen molar-refractivity contribution in [2.24, 2.45) is 11.1 Å². The minimum Gasteiger partial charge on any atom is -0.330 e. The monoisotopic (exact) mass is 391 g/mol. The lowest BCUT2D eigenvalue weighted by atomic mass is 9.90. The Morgan fingerprint density at radius 1 is 1.28 bits per heavy atom. The molecule has 2 N–H and O–H groups in total. The fourth-order valence-corrected chi connectivity index (χ4v) is 3.79. The van der Waals surface area contributed by atoms with E-state index in [1.807, 2.05) is 5.38 Å². The second-order valence-corrected chi connectivity index (χ2v) is 7.55. The largest absolute Gasteiger partial charge is 0.416 e. The Bertz CT molecular complexity index is 702. The van der Waals surface area contributed by atoms with Crippen molar-refractivity contribution >= 4 is 23.7 Å². The molecule has 2 aromatic rings. The minimum absolute atomic E-state index is 0. The number of halogens is 4. The van der Waals surface area contributed by atoms with Crippen LogP contribution in [0.5, 0.6) is 0 Å². The Morgan fingerprint density at radius 3 is 2.52 bits per heavy atom. The molecule has 138 valence electrons. The van der Waals surface area contributed by atoms with E-state index in [2.05, 4.69) is 16.8 Å². The predicted octanol–water partition coefficient (Wildman–Crippen LogP) is 4.42. The van der Waals surface area contributed by atoms with Gasteiger partial charge in [-0.1, -0.05) is 19.1 Å². The van der Waals surface area contributed by atoms with E-state index in [0.29, 0.717) is 12.1 Å². The summed E-state index contributed by atoms with van der Waals surface area (Å²) < 4.78 is 37.9. The molecule has 0 radical (unpaired) electrons. The third-order valence-electron chi connectivity index (χ3n) is 4.53. The van der Waals surface area contributed by atoms with Gasteiger partial charge >= 0.3 is 6.18 Å². The van der Waals surface area contributed by atoms with Gasteiger partial charge in [-0.3, -0.25) is 4.90 Å². The minimum atomic E-state index is -4.31. The number of hydrogen-bond donors (Lipinski definition) is 1. The van der Waals surface area contributed by atoms with Crippen molar-refractivity contribution in [2.45, 2.75) is 26.1 Å². The topological polar surface area (TPSA) is 42.1 Å². The molecule has 0 amide bonds. The van der Waals surface area contributed by atoms with Crippen LogP contribution in [0, 0.1) is 5.41 Å². The van der Waals surface area contributed by atoms with Crippen LogP contribution in [0.4, 0.5) is 13.2 Å². The van der Waals surface area contributed by atoms with E-state index in [1.54, 1.807) is 0 Å². The standard InChI is InChI=1S/C17H20F3N3S.ClH/c1-16(10-21)6-7-23(11-16)8-14-9-24-15(22-14)12-2-4-13(5-3-12)17(18,19)20;/h2-5,9H,6-8,10-11,21H2,1H3;1H. The van der Waals surface area contributed by atoms with E-state index in [1.165, 1.54) is 23.5 Å². The van der Waals surface area contributed by atoms with Crippen molar-refractivity contribution in [3.63, 3.8) is 0 Å². The van der Waals surface area contributed by atoms with Crippen molar-refractivity contribution in [1.82, 2.24) is 9.88 Å². The average Bonchev–Trinajstić information content (AvgIpc) is 3.15. The van der Waals surface area contributed by atoms with Gasteiger partial charge < -0.3 is 5.73 Å². The zero-order valence-corrected chi connectivity index (χ0v) is 15.5. The van der Waals surface area contributed by atoms with Gasteiger partial charge in [0, 0.05) is 24.0 Å². The van der Waals surface area contributed by atoms with Crippen LogP contribution in [0.15, 0.2) is 29.6 Å². The fraction of sp³-hybridized carbons (Fsp3) is 0.471. The Kier molecular flexibility index (Phi) is 6.14. The summed E-state index contributed by atoms with van der Waals surface area (Å²) in [6.45, 7) is 5.59. The highest BCUT2D eigenvalue weighted by Gasteiger charge is 2.32. The first-order chi connectivity index (χ1) is 11.3. The maximum atomic E-state index is 12.6. The number of aromatic nitrogens is 1. The van der Waals surface area contributed by atoms with Gasteiger partial charge in [0.25, 0.3) is 0 Å². The lowest BCUT2D eigenvalue weighted by Gasteiger charge is -2.22. The van der Waals surface area contributed by atoms with Crippen LogP contribution in [0.25, 0.3) is 10.6 Å². The van der Waals surface area contributed by atoms with Gasteiger partial charge in [-0.2, -0.15) is 13.2 Å². The Labute approximate surface area is 155 Å². The molecule has 0 bridgehead atoms. The van der Waals surface area contributed by atoms with Crippen LogP contribution in [-0.4, -0.2) is 29.5 Å². The van der Waals surface area contributed by atoms with E-state index in [9.17, 15) is 13.2 Å². The van der Waals surface area contributed by atoms with E-state index < -0.39 is 11.7 Å². The molecule has 1 saturated heterocycles. The zero-order valence-electron chi connectivity index (χ0n) is 13.8. The smallest absolute Gasteiger partial charge is 0.330 e. The van der Waals surface area contributed by atoms with Crippen LogP contribution in [0.1, 0.15) is 24.6 Å².